The van der Waals surface area contributed by atoms with Gasteiger partial charge in [0, 0.05) is 5.56 Å². The summed E-state index contributed by atoms with van der Waals surface area (Å²) in [6.45, 7) is 0. The molecule has 0 heterocycles. The van der Waals surface area contributed by atoms with Gasteiger partial charge in [-0.1, -0.05) is 23.7 Å². The van der Waals surface area contributed by atoms with Crippen LogP contribution in [0.5, 0.6) is 11.5 Å². The topological polar surface area (TPSA) is 77.0 Å². The SMILES string of the molecule is COc1cc(C=NNC(=O)c2ccc(F)cc2)ccc1OC(=O)c1ccccc1Cl. The fourth-order valence-electron chi connectivity index (χ4n) is 2.46. The van der Waals surface area contributed by atoms with Crippen molar-refractivity contribution >= 4 is 29.7 Å². The van der Waals surface area contributed by atoms with E-state index in [1.165, 1.54) is 43.7 Å². The molecule has 152 valence electrons. The molecule has 6 nitrogen and oxygen atoms in total. The number of nitrogens with one attached hydrogen (secondary N) is 1. The highest BCUT2D eigenvalue weighted by molar-refractivity contribution is 6.33. The number of ether oxygens (including phenoxy) is 2. The molecule has 0 aliphatic rings. The van der Waals surface area contributed by atoms with Crippen molar-refractivity contribution in [2.75, 3.05) is 7.11 Å². The van der Waals surface area contributed by atoms with Crippen LogP contribution in [0, 0.1) is 5.82 Å². The summed E-state index contributed by atoms with van der Waals surface area (Å²) in [5, 5.41) is 4.15. The van der Waals surface area contributed by atoms with Crippen LogP contribution in [0.1, 0.15) is 26.3 Å². The van der Waals surface area contributed by atoms with E-state index >= 15 is 0 Å². The van der Waals surface area contributed by atoms with Gasteiger partial charge in [0.05, 0.1) is 23.9 Å². The van der Waals surface area contributed by atoms with Crippen molar-refractivity contribution < 1.29 is 23.5 Å². The van der Waals surface area contributed by atoms with Gasteiger partial charge in [-0.05, 0) is 60.2 Å². The molecule has 0 aliphatic heterocycles. The molecule has 0 saturated carbocycles. The van der Waals surface area contributed by atoms with E-state index in [1.54, 1.807) is 36.4 Å². The Kier molecular flexibility index (Phi) is 6.77. The second-order valence-corrected chi connectivity index (χ2v) is 6.39. The number of rotatable bonds is 6. The average Bonchev–Trinajstić information content (AvgIpc) is 2.75. The minimum Gasteiger partial charge on any atom is -0.493 e. The van der Waals surface area contributed by atoms with Crippen LogP contribution in [0.15, 0.2) is 71.8 Å². The van der Waals surface area contributed by atoms with Gasteiger partial charge in [-0.15, -0.1) is 0 Å². The lowest BCUT2D eigenvalue weighted by molar-refractivity contribution is 0.0729. The Labute approximate surface area is 176 Å². The summed E-state index contributed by atoms with van der Waals surface area (Å²) in [4.78, 5) is 24.3. The standard InChI is InChI=1S/C22H16ClFN2O4/c1-29-20-12-14(13-25-26-21(27)15-7-9-16(24)10-8-15)6-11-19(20)30-22(28)17-4-2-3-5-18(17)23/h2-13H,1H3,(H,26,27). The van der Waals surface area contributed by atoms with E-state index in [4.69, 9.17) is 21.1 Å². The Morgan fingerprint density at radius 2 is 1.77 bits per heavy atom. The average molecular weight is 427 g/mol. The molecular weight excluding hydrogens is 411 g/mol. The van der Waals surface area contributed by atoms with Gasteiger partial charge in [-0.2, -0.15) is 5.10 Å². The van der Waals surface area contributed by atoms with Crippen molar-refractivity contribution in [3.63, 3.8) is 0 Å². The van der Waals surface area contributed by atoms with Gasteiger partial charge in [-0.3, -0.25) is 4.79 Å². The van der Waals surface area contributed by atoms with Gasteiger partial charge in [0.25, 0.3) is 5.91 Å². The van der Waals surface area contributed by atoms with Crippen LogP contribution < -0.4 is 14.9 Å². The van der Waals surface area contributed by atoms with E-state index in [-0.39, 0.29) is 21.9 Å². The van der Waals surface area contributed by atoms with Crippen molar-refractivity contribution in [1.82, 2.24) is 5.43 Å². The molecule has 0 spiro atoms. The molecule has 0 bridgehead atoms. The summed E-state index contributed by atoms with van der Waals surface area (Å²) in [6.07, 6.45) is 1.39. The number of halogens is 2. The van der Waals surface area contributed by atoms with Crippen LogP contribution >= 0.6 is 11.6 Å². The highest BCUT2D eigenvalue weighted by Crippen LogP contribution is 2.29. The zero-order chi connectivity index (χ0) is 21.5. The van der Waals surface area contributed by atoms with Crippen molar-refractivity contribution in [3.8, 4) is 11.5 Å². The molecule has 30 heavy (non-hydrogen) atoms. The second-order valence-electron chi connectivity index (χ2n) is 5.99. The molecule has 0 radical (unpaired) electrons. The van der Waals surface area contributed by atoms with Crippen molar-refractivity contribution in [2.24, 2.45) is 5.10 Å². The summed E-state index contributed by atoms with van der Waals surface area (Å²) in [6, 6.07) is 16.4. The Bertz CT molecular complexity index is 1100. The molecule has 3 aromatic carbocycles. The van der Waals surface area contributed by atoms with Crippen molar-refractivity contribution in [1.29, 1.82) is 0 Å². The zero-order valence-electron chi connectivity index (χ0n) is 15.8. The van der Waals surface area contributed by atoms with Crippen LogP contribution in [0.25, 0.3) is 0 Å². The van der Waals surface area contributed by atoms with E-state index in [0.29, 0.717) is 11.3 Å². The lowest BCUT2D eigenvalue weighted by atomic mass is 10.2. The van der Waals surface area contributed by atoms with Crippen molar-refractivity contribution in [3.05, 3.63) is 94.3 Å². The summed E-state index contributed by atoms with van der Waals surface area (Å²) in [5.74, 6) is -1.04. The van der Waals surface area contributed by atoms with E-state index < -0.39 is 17.7 Å². The van der Waals surface area contributed by atoms with Gasteiger partial charge >= 0.3 is 5.97 Å². The molecule has 3 aromatic rings. The maximum absolute atomic E-state index is 12.9. The number of esters is 1. The predicted octanol–water partition coefficient (Wildman–Crippen LogP) is 4.47. The summed E-state index contributed by atoms with van der Waals surface area (Å²) < 4.78 is 23.6. The summed E-state index contributed by atoms with van der Waals surface area (Å²) in [7, 11) is 1.43. The van der Waals surface area contributed by atoms with Gasteiger partial charge in [0.1, 0.15) is 5.82 Å². The monoisotopic (exact) mass is 426 g/mol. The first-order valence-corrected chi connectivity index (χ1v) is 9.09. The summed E-state index contributed by atoms with van der Waals surface area (Å²) in [5.41, 5.74) is 3.44. The fraction of sp³-hybridized carbons (Fsp3) is 0.0455. The Morgan fingerprint density at radius 3 is 2.47 bits per heavy atom. The molecule has 0 saturated heterocycles. The number of nitrogens with zero attached hydrogens (tertiary/aromatic N) is 1. The minimum absolute atomic E-state index is 0.204. The number of hydrogen-bond donors (Lipinski definition) is 1. The van der Waals surface area contributed by atoms with Gasteiger partial charge in [0.15, 0.2) is 11.5 Å². The molecule has 0 aliphatic carbocycles. The van der Waals surface area contributed by atoms with E-state index in [9.17, 15) is 14.0 Å². The molecule has 0 fully saturated rings. The number of amides is 1. The van der Waals surface area contributed by atoms with E-state index in [2.05, 4.69) is 10.5 Å². The van der Waals surface area contributed by atoms with Crippen LogP contribution in [0.2, 0.25) is 5.02 Å². The Balaban J connectivity index is 1.68. The van der Waals surface area contributed by atoms with Crippen LogP contribution in [-0.4, -0.2) is 25.2 Å². The smallest absolute Gasteiger partial charge is 0.345 e. The number of carbonyl (C=O) groups excluding carboxylic acids is 2. The lowest BCUT2D eigenvalue weighted by Gasteiger charge is -2.10. The number of carbonyl (C=O) groups is 2. The fourth-order valence-corrected chi connectivity index (χ4v) is 2.67. The Morgan fingerprint density at radius 1 is 1.03 bits per heavy atom. The second kappa shape index (κ2) is 9.67. The summed E-state index contributed by atoms with van der Waals surface area (Å²) >= 11 is 6.02. The zero-order valence-corrected chi connectivity index (χ0v) is 16.5. The molecule has 0 aromatic heterocycles. The van der Waals surface area contributed by atoms with Crippen LogP contribution in [-0.2, 0) is 0 Å². The highest BCUT2D eigenvalue weighted by atomic mass is 35.5. The largest absolute Gasteiger partial charge is 0.493 e. The van der Waals surface area contributed by atoms with Gasteiger partial charge in [-0.25, -0.2) is 14.6 Å². The minimum atomic E-state index is -0.619. The maximum Gasteiger partial charge on any atom is 0.345 e. The first-order valence-electron chi connectivity index (χ1n) is 8.71. The predicted molar refractivity (Wildman–Crippen MR) is 111 cm³/mol. The van der Waals surface area contributed by atoms with Gasteiger partial charge < -0.3 is 9.47 Å². The number of benzene rings is 3. The third-order valence-corrected chi connectivity index (χ3v) is 4.30. The third-order valence-electron chi connectivity index (χ3n) is 3.97. The highest BCUT2D eigenvalue weighted by Gasteiger charge is 2.15. The number of hydrogen-bond acceptors (Lipinski definition) is 5. The molecule has 1 amide bonds. The maximum atomic E-state index is 12.9. The number of methoxy groups -OCH3 is 1. The van der Waals surface area contributed by atoms with Gasteiger partial charge in [0.2, 0.25) is 0 Å². The lowest BCUT2D eigenvalue weighted by Crippen LogP contribution is -2.17. The normalized spacial score (nSPS) is 10.6. The number of hydrazone groups is 1. The molecular formula is C22H16ClFN2O4. The Hall–Kier alpha value is -3.71. The first kappa shape index (κ1) is 21.0. The first-order chi connectivity index (χ1) is 14.5. The quantitative estimate of drug-likeness (QED) is 0.273. The van der Waals surface area contributed by atoms with E-state index in [1.807, 2.05) is 0 Å². The molecule has 1 N–H and O–H groups in total. The molecule has 3 rings (SSSR count). The van der Waals surface area contributed by atoms with Crippen LogP contribution in [0.3, 0.4) is 0 Å². The molecule has 0 atom stereocenters. The molecule has 0 unspecified atom stereocenters. The van der Waals surface area contributed by atoms with Crippen molar-refractivity contribution in [2.45, 2.75) is 0 Å². The third kappa shape index (κ3) is 5.21. The van der Waals surface area contributed by atoms with E-state index in [0.717, 1.165) is 0 Å². The molecule has 8 heteroatoms. The van der Waals surface area contributed by atoms with Crippen LogP contribution in [0.4, 0.5) is 4.39 Å².